The highest BCUT2D eigenvalue weighted by Gasteiger charge is 2.25. The van der Waals surface area contributed by atoms with Gasteiger partial charge in [0.05, 0.1) is 6.61 Å². The first-order valence-corrected chi connectivity index (χ1v) is 4.79. The van der Waals surface area contributed by atoms with Crippen molar-refractivity contribution in [1.29, 1.82) is 0 Å². The van der Waals surface area contributed by atoms with Crippen LogP contribution < -0.4 is 5.73 Å². The molecule has 1 aliphatic heterocycles. The van der Waals surface area contributed by atoms with E-state index in [1.54, 1.807) is 0 Å². The van der Waals surface area contributed by atoms with E-state index in [-0.39, 0.29) is 0 Å². The highest BCUT2D eigenvalue weighted by molar-refractivity contribution is 4.83. The Hall–Kier alpha value is -0.120. The molecule has 0 aromatic heterocycles. The molecule has 72 valence electrons. The number of rotatable bonds is 3. The van der Waals surface area contributed by atoms with Gasteiger partial charge in [-0.25, -0.2) is 0 Å². The zero-order valence-electron chi connectivity index (χ0n) is 8.12. The fraction of sp³-hybridized carbons (Fsp3) is 1.00. The molecule has 0 radical (unpaired) electrons. The molecule has 1 fully saturated rings. The molecule has 1 heterocycles. The Labute approximate surface area is 74.9 Å². The Morgan fingerprint density at radius 2 is 2.33 bits per heavy atom. The second-order valence-electron chi connectivity index (χ2n) is 3.58. The van der Waals surface area contributed by atoms with Gasteiger partial charge in [-0.1, -0.05) is 6.92 Å². The van der Waals surface area contributed by atoms with Crippen molar-refractivity contribution in [2.24, 2.45) is 5.73 Å². The van der Waals surface area contributed by atoms with Crippen LogP contribution in [-0.4, -0.2) is 43.8 Å². The largest absolute Gasteiger partial charge is 0.380 e. The zero-order valence-corrected chi connectivity index (χ0v) is 8.12. The maximum absolute atomic E-state index is 5.99. The summed E-state index contributed by atoms with van der Waals surface area (Å²) >= 11 is 0. The van der Waals surface area contributed by atoms with Crippen LogP contribution >= 0.6 is 0 Å². The minimum absolute atomic E-state index is 0.301. The molecular formula is C9H20N2O. The first-order chi connectivity index (χ1) is 5.75. The summed E-state index contributed by atoms with van der Waals surface area (Å²) in [5.74, 6) is 0. The fourth-order valence-corrected chi connectivity index (χ4v) is 1.71. The summed E-state index contributed by atoms with van der Waals surface area (Å²) in [5, 5.41) is 0. The van der Waals surface area contributed by atoms with Crippen LogP contribution in [0, 0.1) is 0 Å². The highest BCUT2D eigenvalue weighted by atomic mass is 16.5. The van der Waals surface area contributed by atoms with Crippen molar-refractivity contribution < 1.29 is 4.74 Å². The van der Waals surface area contributed by atoms with E-state index in [1.807, 2.05) is 0 Å². The first-order valence-electron chi connectivity index (χ1n) is 4.79. The monoisotopic (exact) mass is 172 g/mol. The van der Waals surface area contributed by atoms with Gasteiger partial charge >= 0.3 is 0 Å². The molecule has 0 aromatic carbocycles. The van der Waals surface area contributed by atoms with Crippen LogP contribution in [0.1, 0.15) is 19.8 Å². The molecule has 3 nitrogen and oxygen atoms in total. The van der Waals surface area contributed by atoms with Crippen LogP contribution in [0.15, 0.2) is 0 Å². The summed E-state index contributed by atoms with van der Waals surface area (Å²) in [6, 6.07) is 0.731. The summed E-state index contributed by atoms with van der Waals surface area (Å²) in [6.07, 6.45) is 2.18. The Bertz CT molecular complexity index is 130. The lowest BCUT2D eigenvalue weighted by Gasteiger charge is -2.35. The molecule has 0 spiro atoms. The minimum Gasteiger partial charge on any atom is -0.380 e. The molecule has 2 unspecified atom stereocenters. The minimum atomic E-state index is 0.301. The standard InChI is InChI=1S/C9H20N2O/c1-3-5-11(2)9-7-12-6-4-8(9)10/h8-9H,3-7,10H2,1-2H3. The molecule has 1 saturated heterocycles. The third kappa shape index (κ3) is 2.44. The van der Waals surface area contributed by atoms with Crippen LogP contribution in [-0.2, 0) is 4.74 Å². The van der Waals surface area contributed by atoms with E-state index in [4.69, 9.17) is 10.5 Å². The summed E-state index contributed by atoms with van der Waals surface area (Å²) in [6.45, 7) is 4.93. The lowest BCUT2D eigenvalue weighted by atomic mass is 10.0. The molecule has 3 heteroatoms. The fourth-order valence-electron chi connectivity index (χ4n) is 1.71. The average molecular weight is 172 g/mol. The SMILES string of the molecule is CCCN(C)C1COCCC1N. The van der Waals surface area contributed by atoms with Gasteiger partial charge in [0.15, 0.2) is 0 Å². The molecule has 2 N–H and O–H groups in total. The molecule has 0 aliphatic carbocycles. The molecule has 0 bridgehead atoms. The van der Waals surface area contributed by atoms with Crippen LogP contribution in [0.2, 0.25) is 0 Å². The summed E-state index contributed by atoms with van der Waals surface area (Å²) in [7, 11) is 2.13. The molecule has 0 saturated carbocycles. The molecule has 1 rings (SSSR count). The molecule has 0 aromatic rings. The second-order valence-corrected chi connectivity index (χ2v) is 3.58. The smallest absolute Gasteiger partial charge is 0.0636 e. The van der Waals surface area contributed by atoms with Gasteiger partial charge in [-0.2, -0.15) is 0 Å². The van der Waals surface area contributed by atoms with E-state index in [1.165, 1.54) is 6.42 Å². The third-order valence-electron chi connectivity index (χ3n) is 2.52. The number of likely N-dealkylation sites (N-methyl/N-ethyl adjacent to an activating group) is 1. The summed E-state index contributed by atoms with van der Waals surface area (Å²) < 4.78 is 5.40. The van der Waals surface area contributed by atoms with Crippen molar-refractivity contribution >= 4 is 0 Å². The Morgan fingerprint density at radius 3 is 2.92 bits per heavy atom. The van der Waals surface area contributed by atoms with Gasteiger partial charge in [-0.15, -0.1) is 0 Å². The number of ether oxygens (including phenoxy) is 1. The highest BCUT2D eigenvalue weighted by Crippen LogP contribution is 2.11. The molecular weight excluding hydrogens is 152 g/mol. The predicted octanol–water partition coefficient (Wildman–Crippen LogP) is 0.444. The van der Waals surface area contributed by atoms with Gasteiger partial charge in [0, 0.05) is 18.7 Å². The zero-order chi connectivity index (χ0) is 8.97. The van der Waals surface area contributed by atoms with E-state index in [2.05, 4.69) is 18.9 Å². The van der Waals surface area contributed by atoms with Gasteiger partial charge < -0.3 is 10.5 Å². The number of nitrogens with two attached hydrogens (primary N) is 1. The molecule has 2 atom stereocenters. The quantitative estimate of drug-likeness (QED) is 0.671. The van der Waals surface area contributed by atoms with Crippen LogP contribution in [0.4, 0.5) is 0 Å². The second kappa shape index (κ2) is 4.80. The Morgan fingerprint density at radius 1 is 1.58 bits per heavy atom. The van der Waals surface area contributed by atoms with Gasteiger partial charge in [-0.3, -0.25) is 4.90 Å². The molecule has 0 amide bonds. The van der Waals surface area contributed by atoms with Gasteiger partial charge in [0.1, 0.15) is 0 Å². The lowest BCUT2D eigenvalue weighted by molar-refractivity contribution is 0.0155. The van der Waals surface area contributed by atoms with Crippen molar-refractivity contribution in [3.05, 3.63) is 0 Å². The van der Waals surface area contributed by atoms with Crippen LogP contribution in [0.3, 0.4) is 0 Å². The van der Waals surface area contributed by atoms with Gasteiger partial charge in [0.2, 0.25) is 0 Å². The van der Waals surface area contributed by atoms with Gasteiger partial charge in [0.25, 0.3) is 0 Å². The van der Waals surface area contributed by atoms with E-state index >= 15 is 0 Å². The predicted molar refractivity (Wildman–Crippen MR) is 50.1 cm³/mol. The van der Waals surface area contributed by atoms with Gasteiger partial charge in [-0.05, 0) is 26.4 Å². The lowest BCUT2D eigenvalue weighted by Crippen LogP contribution is -2.52. The number of nitrogens with zero attached hydrogens (tertiary/aromatic N) is 1. The van der Waals surface area contributed by atoms with E-state index in [0.717, 1.165) is 26.2 Å². The third-order valence-corrected chi connectivity index (χ3v) is 2.52. The number of hydrogen-bond donors (Lipinski definition) is 1. The van der Waals surface area contributed by atoms with Crippen molar-refractivity contribution in [2.75, 3.05) is 26.8 Å². The topological polar surface area (TPSA) is 38.5 Å². The number of hydrogen-bond acceptors (Lipinski definition) is 3. The van der Waals surface area contributed by atoms with E-state index in [0.29, 0.717) is 12.1 Å². The van der Waals surface area contributed by atoms with E-state index < -0.39 is 0 Å². The summed E-state index contributed by atoms with van der Waals surface area (Å²) in [5.41, 5.74) is 5.99. The maximum Gasteiger partial charge on any atom is 0.0636 e. The van der Waals surface area contributed by atoms with Crippen molar-refractivity contribution in [2.45, 2.75) is 31.8 Å². The van der Waals surface area contributed by atoms with Crippen molar-refractivity contribution in [3.8, 4) is 0 Å². The van der Waals surface area contributed by atoms with Crippen LogP contribution in [0.25, 0.3) is 0 Å². The average Bonchev–Trinajstić information content (AvgIpc) is 2.05. The van der Waals surface area contributed by atoms with E-state index in [9.17, 15) is 0 Å². The Balaban J connectivity index is 2.36. The normalized spacial score (nSPS) is 31.0. The van der Waals surface area contributed by atoms with Crippen LogP contribution in [0.5, 0.6) is 0 Å². The molecule has 1 aliphatic rings. The first kappa shape index (κ1) is 9.96. The summed E-state index contributed by atoms with van der Waals surface area (Å²) in [4.78, 5) is 2.31. The molecule has 12 heavy (non-hydrogen) atoms. The van der Waals surface area contributed by atoms with Crippen molar-refractivity contribution in [3.63, 3.8) is 0 Å². The van der Waals surface area contributed by atoms with Crippen molar-refractivity contribution in [1.82, 2.24) is 4.90 Å². The Kier molecular flexibility index (Phi) is 3.98. The maximum atomic E-state index is 5.99.